The molecule has 0 unspecified atom stereocenters. The summed E-state index contributed by atoms with van der Waals surface area (Å²) in [6.45, 7) is 0.161. The molecule has 0 radical (unpaired) electrons. The van der Waals surface area contributed by atoms with E-state index in [9.17, 15) is 9.18 Å². The lowest BCUT2D eigenvalue weighted by Gasteiger charge is -2.28. The fraction of sp³-hybridized carbons (Fsp3) is 0.316. The van der Waals surface area contributed by atoms with Crippen LogP contribution < -0.4 is 5.32 Å². The standard InChI is InChI=1S/C19H18FN3O2S/c20-14-6-3-5-13(11-14)19(8-1-2-9-19)18(24)21-12-16-22-23-17(25-16)15-7-4-10-26-15/h3-7,10-11H,1-2,8-9,12H2,(H,21,24). The van der Waals surface area contributed by atoms with Gasteiger partial charge in [0.05, 0.1) is 16.8 Å². The predicted octanol–water partition coefficient (Wildman–Crippen LogP) is 4.07. The van der Waals surface area contributed by atoms with Crippen molar-refractivity contribution in [3.05, 3.63) is 59.0 Å². The van der Waals surface area contributed by atoms with Crippen LogP contribution in [0.3, 0.4) is 0 Å². The average molecular weight is 371 g/mol. The Kier molecular flexibility index (Phi) is 4.55. The molecular formula is C19H18FN3O2S. The molecule has 1 fully saturated rings. The zero-order chi connectivity index (χ0) is 18.0. The molecule has 1 amide bonds. The van der Waals surface area contributed by atoms with Crippen molar-refractivity contribution in [3.8, 4) is 10.8 Å². The second-order valence-corrected chi connectivity index (χ2v) is 7.41. The maximum atomic E-state index is 13.7. The van der Waals surface area contributed by atoms with Crippen LogP contribution in [0.4, 0.5) is 4.39 Å². The van der Waals surface area contributed by atoms with E-state index in [1.165, 1.54) is 23.5 Å². The van der Waals surface area contributed by atoms with Gasteiger partial charge in [0.1, 0.15) is 5.82 Å². The summed E-state index contributed by atoms with van der Waals surface area (Å²) in [5, 5.41) is 12.8. The quantitative estimate of drug-likeness (QED) is 0.734. The maximum absolute atomic E-state index is 13.7. The van der Waals surface area contributed by atoms with E-state index < -0.39 is 5.41 Å². The summed E-state index contributed by atoms with van der Waals surface area (Å²) < 4.78 is 19.3. The third-order valence-corrected chi connectivity index (χ3v) is 5.73. The summed E-state index contributed by atoms with van der Waals surface area (Å²) in [7, 11) is 0. The van der Waals surface area contributed by atoms with Crippen LogP contribution in [-0.4, -0.2) is 16.1 Å². The minimum absolute atomic E-state index is 0.114. The SMILES string of the molecule is O=C(NCc1nnc(-c2cccs2)o1)C1(c2cccc(F)c2)CCCC1. The van der Waals surface area contributed by atoms with E-state index in [-0.39, 0.29) is 18.3 Å². The van der Waals surface area contributed by atoms with Gasteiger partial charge in [-0.05, 0) is 42.0 Å². The van der Waals surface area contributed by atoms with Crippen molar-refractivity contribution in [2.75, 3.05) is 0 Å². The Morgan fingerprint density at radius 1 is 1.23 bits per heavy atom. The summed E-state index contributed by atoms with van der Waals surface area (Å²) in [6, 6.07) is 10.2. The molecule has 3 aromatic rings. The number of carbonyl (C=O) groups excluding carboxylic acids is 1. The van der Waals surface area contributed by atoms with Gasteiger partial charge in [-0.2, -0.15) is 0 Å². The van der Waals surface area contributed by atoms with Crippen LogP contribution in [0.15, 0.2) is 46.2 Å². The zero-order valence-corrected chi connectivity index (χ0v) is 14.9. The van der Waals surface area contributed by atoms with Gasteiger partial charge in [-0.25, -0.2) is 4.39 Å². The van der Waals surface area contributed by atoms with E-state index in [2.05, 4.69) is 15.5 Å². The molecule has 1 aliphatic rings. The van der Waals surface area contributed by atoms with E-state index >= 15 is 0 Å². The smallest absolute Gasteiger partial charge is 0.257 e. The molecule has 1 saturated carbocycles. The monoisotopic (exact) mass is 371 g/mol. The Morgan fingerprint density at radius 2 is 2.08 bits per heavy atom. The largest absolute Gasteiger partial charge is 0.418 e. The third kappa shape index (κ3) is 3.14. The van der Waals surface area contributed by atoms with E-state index in [1.807, 2.05) is 23.6 Å². The highest BCUT2D eigenvalue weighted by molar-refractivity contribution is 7.13. The molecule has 0 bridgehead atoms. The molecule has 26 heavy (non-hydrogen) atoms. The van der Waals surface area contributed by atoms with E-state index in [1.54, 1.807) is 6.07 Å². The molecule has 4 rings (SSSR count). The molecule has 0 aliphatic heterocycles. The minimum Gasteiger partial charge on any atom is -0.418 e. The third-order valence-electron chi connectivity index (χ3n) is 4.87. The van der Waals surface area contributed by atoms with Crippen LogP contribution >= 0.6 is 11.3 Å². The van der Waals surface area contributed by atoms with Crippen LogP contribution in [0.2, 0.25) is 0 Å². The van der Waals surface area contributed by atoms with Gasteiger partial charge >= 0.3 is 0 Å². The van der Waals surface area contributed by atoms with E-state index in [0.717, 1.165) is 23.3 Å². The second kappa shape index (κ2) is 6.99. The van der Waals surface area contributed by atoms with Gasteiger partial charge in [-0.1, -0.05) is 31.0 Å². The fourth-order valence-electron chi connectivity index (χ4n) is 3.56. The predicted molar refractivity (Wildman–Crippen MR) is 96.0 cm³/mol. The number of hydrogen-bond donors (Lipinski definition) is 1. The molecular weight excluding hydrogens is 353 g/mol. The molecule has 2 aromatic heterocycles. The number of benzene rings is 1. The Bertz CT molecular complexity index is 901. The van der Waals surface area contributed by atoms with E-state index in [4.69, 9.17) is 4.42 Å². The molecule has 0 atom stereocenters. The Hall–Kier alpha value is -2.54. The number of aromatic nitrogens is 2. The van der Waals surface area contributed by atoms with Crippen molar-refractivity contribution in [1.82, 2.24) is 15.5 Å². The van der Waals surface area contributed by atoms with Crippen molar-refractivity contribution >= 4 is 17.2 Å². The van der Waals surface area contributed by atoms with Crippen molar-refractivity contribution in [1.29, 1.82) is 0 Å². The van der Waals surface area contributed by atoms with Gasteiger partial charge in [0.15, 0.2) is 0 Å². The van der Waals surface area contributed by atoms with Crippen LogP contribution in [-0.2, 0) is 16.8 Å². The Morgan fingerprint density at radius 3 is 2.81 bits per heavy atom. The molecule has 5 nitrogen and oxygen atoms in total. The zero-order valence-electron chi connectivity index (χ0n) is 14.1. The number of halogens is 1. The number of amides is 1. The first-order valence-electron chi connectivity index (χ1n) is 8.58. The molecule has 134 valence electrons. The van der Waals surface area contributed by atoms with Crippen molar-refractivity contribution in [3.63, 3.8) is 0 Å². The summed E-state index contributed by atoms with van der Waals surface area (Å²) in [6.07, 6.45) is 3.33. The molecule has 1 N–H and O–H groups in total. The Labute approximate surface area is 154 Å². The first-order valence-corrected chi connectivity index (χ1v) is 9.46. The number of thiophene rings is 1. The highest BCUT2D eigenvalue weighted by atomic mass is 32.1. The summed E-state index contributed by atoms with van der Waals surface area (Å²) in [5.41, 5.74) is 0.0518. The van der Waals surface area contributed by atoms with Crippen LogP contribution in [0.5, 0.6) is 0 Å². The van der Waals surface area contributed by atoms with Crippen LogP contribution in [0.25, 0.3) is 10.8 Å². The first-order chi connectivity index (χ1) is 12.7. The number of hydrogen-bond acceptors (Lipinski definition) is 5. The van der Waals surface area contributed by atoms with Crippen LogP contribution in [0.1, 0.15) is 37.1 Å². The van der Waals surface area contributed by atoms with Gasteiger partial charge in [0.2, 0.25) is 11.8 Å². The van der Waals surface area contributed by atoms with E-state index in [0.29, 0.717) is 24.6 Å². The molecule has 7 heteroatoms. The van der Waals surface area contributed by atoms with Crippen molar-refractivity contribution < 1.29 is 13.6 Å². The van der Waals surface area contributed by atoms with Gasteiger partial charge in [0.25, 0.3) is 5.89 Å². The summed E-state index contributed by atoms with van der Waals surface area (Å²) >= 11 is 1.51. The van der Waals surface area contributed by atoms with Gasteiger partial charge in [0, 0.05) is 0 Å². The average Bonchev–Trinajstić information content (AvgIpc) is 3.41. The lowest BCUT2D eigenvalue weighted by Crippen LogP contribution is -2.42. The number of nitrogens with zero attached hydrogens (tertiary/aromatic N) is 2. The topological polar surface area (TPSA) is 68.0 Å². The highest BCUT2D eigenvalue weighted by Crippen LogP contribution is 2.41. The molecule has 0 saturated heterocycles. The van der Waals surface area contributed by atoms with Gasteiger partial charge < -0.3 is 9.73 Å². The summed E-state index contributed by atoms with van der Waals surface area (Å²) in [4.78, 5) is 13.9. The van der Waals surface area contributed by atoms with Gasteiger partial charge in [-0.3, -0.25) is 4.79 Å². The fourth-order valence-corrected chi connectivity index (χ4v) is 4.21. The second-order valence-electron chi connectivity index (χ2n) is 6.46. The van der Waals surface area contributed by atoms with Crippen molar-refractivity contribution in [2.24, 2.45) is 0 Å². The lowest BCUT2D eigenvalue weighted by atomic mass is 9.78. The molecule has 1 aromatic carbocycles. The molecule has 1 aliphatic carbocycles. The minimum atomic E-state index is -0.682. The summed E-state index contributed by atoms with van der Waals surface area (Å²) in [5.74, 6) is 0.370. The van der Waals surface area contributed by atoms with Gasteiger partial charge in [-0.15, -0.1) is 21.5 Å². The number of rotatable bonds is 5. The normalized spacial score (nSPS) is 15.9. The molecule has 2 heterocycles. The van der Waals surface area contributed by atoms with Crippen molar-refractivity contribution in [2.45, 2.75) is 37.6 Å². The number of nitrogens with one attached hydrogen (secondary N) is 1. The first kappa shape index (κ1) is 16.9. The van der Waals surface area contributed by atoms with Crippen LogP contribution in [0, 0.1) is 5.82 Å². The Balaban J connectivity index is 1.49. The maximum Gasteiger partial charge on any atom is 0.257 e. The highest BCUT2D eigenvalue weighted by Gasteiger charge is 2.42. The molecule has 0 spiro atoms. The lowest BCUT2D eigenvalue weighted by molar-refractivity contribution is -0.126. The number of carbonyl (C=O) groups is 1.